The van der Waals surface area contributed by atoms with E-state index in [4.69, 9.17) is 0 Å². The van der Waals surface area contributed by atoms with Gasteiger partial charge in [-0.15, -0.1) is 0 Å². The van der Waals surface area contributed by atoms with Crippen molar-refractivity contribution in [3.8, 4) is 0 Å². The lowest BCUT2D eigenvalue weighted by atomic mass is 10.1. The molecule has 0 saturated heterocycles. The van der Waals surface area contributed by atoms with Gasteiger partial charge in [0, 0.05) is 39.6 Å². The Balaban J connectivity index is 2.31. The second-order valence-electron chi connectivity index (χ2n) is 10.8. The summed E-state index contributed by atoms with van der Waals surface area (Å²) in [6, 6.07) is 21.1. The van der Waals surface area contributed by atoms with Crippen LogP contribution in [0.15, 0.2) is 48.5 Å². The minimum atomic E-state index is -1.24. The summed E-state index contributed by atoms with van der Waals surface area (Å²) >= 11 is 0. The number of hydrogen-bond donors (Lipinski definition) is 2. The number of benzene rings is 2. The third-order valence-electron chi connectivity index (χ3n) is 4.96. The van der Waals surface area contributed by atoms with E-state index in [2.05, 4.69) is 112 Å². The first-order valence-electron chi connectivity index (χ1n) is 10.6. The van der Waals surface area contributed by atoms with Gasteiger partial charge in [-0.3, -0.25) is 0 Å². The van der Waals surface area contributed by atoms with Gasteiger partial charge in [-0.1, -0.05) is 74.7 Å². The Morgan fingerprint density at radius 1 is 0.571 bits per heavy atom. The van der Waals surface area contributed by atoms with E-state index >= 15 is 0 Å². The van der Waals surface area contributed by atoms with E-state index in [0.717, 1.165) is 0 Å². The molecule has 0 spiro atoms. The van der Waals surface area contributed by atoms with Crippen LogP contribution in [0.4, 0.5) is 11.4 Å². The minimum Gasteiger partial charge on any atom is -0.381 e. The number of aryl methyl sites for hydroxylation is 2. The van der Waals surface area contributed by atoms with E-state index in [1.165, 1.54) is 34.6 Å². The molecule has 2 rings (SSSR count). The Labute approximate surface area is 175 Å². The standard InChI is InChI=1S/C24H40N2Si2/c1-19-9-13-21(14-10-19)25-23(17-27(3,4)5)24(18-28(6,7)8)26-22-15-11-20(2)12-16-22/h9-16,23-26H,17-18H2,1-8H3/t23-,24-/m0/s1. The van der Waals surface area contributed by atoms with Crippen LogP contribution in [0.1, 0.15) is 11.1 Å². The van der Waals surface area contributed by atoms with Crippen molar-refractivity contribution in [2.75, 3.05) is 10.6 Å². The number of hydrogen-bond acceptors (Lipinski definition) is 2. The van der Waals surface area contributed by atoms with Crippen LogP contribution in [0.25, 0.3) is 0 Å². The van der Waals surface area contributed by atoms with Gasteiger partial charge in [-0.05, 0) is 50.2 Å². The van der Waals surface area contributed by atoms with Crippen molar-refractivity contribution in [2.45, 2.75) is 77.3 Å². The molecule has 28 heavy (non-hydrogen) atoms. The molecule has 0 aromatic heterocycles. The molecule has 0 saturated carbocycles. The number of nitrogens with one attached hydrogen (secondary N) is 2. The highest BCUT2D eigenvalue weighted by molar-refractivity contribution is 6.77. The molecule has 2 atom stereocenters. The highest BCUT2D eigenvalue weighted by Gasteiger charge is 2.31. The van der Waals surface area contributed by atoms with Crippen molar-refractivity contribution in [1.29, 1.82) is 0 Å². The van der Waals surface area contributed by atoms with Gasteiger partial charge < -0.3 is 10.6 Å². The molecule has 0 amide bonds. The summed E-state index contributed by atoms with van der Waals surface area (Å²) in [4.78, 5) is 0. The van der Waals surface area contributed by atoms with E-state index in [-0.39, 0.29) is 0 Å². The normalized spacial score (nSPS) is 14.4. The van der Waals surface area contributed by atoms with Crippen molar-refractivity contribution in [2.24, 2.45) is 0 Å². The second-order valence-corrected chi connectivity index (χ2v) is 21.8. The van der Waals surface area contributed by atoms with E-state index in [1.54, 1.807) is 0 Å². The molecule has 2 nitrogen and oxygen atoms in total. The van der Waals surface area contributed by atoms with E-state index in [1.807, 2.05) is 0 Å². The third-order valence-corrected chi connectivity index (χ3v) is 8.29. The van der Waals surface area contributed by atoms with Crippen molar-refractivity contribution in [3.05, 3.63) is 59.7 Å². The maximum atomic E-state index is 3.91. The fraction of sp³-hybridized carbons (Fsp3) is 0.500. The van der Waals surface area contributed by atoms with Gasteiger partial charge in [0.25, 0.3) is 0 Å². The van der Waals surface area contributed by atoms with Crippen LogP contribution in [0, 0.1) is 13.8 Å². The topological polar surface area (TPSA) is 24.1 Å². The van der Waals surface area contributed by atoms with Crippen LogP contribution in [0.3, 0.4) is 0 Å². The number of anilines is 2. The van der Waals surface area contributed by atoms with Crippen LogP contribution in [0.5, 0.6) is 0 Å². The summed E-state index contributed by atoms with van der Waals surface area (Å²) in [5.74, 6) is 0. The quantitative estimate of drug-likeness (QED) is 0.424. The molecule has 4 heteroatoms. The molecule has 0 aliphatic rings. The highest BCUT2D eigenvalue weighted by Crippen LogP contribution is 2.26. The van der Waals surface area contributed by atoms with Crippen LogP contribution in [-0.4, -0.2) is 28.2 Å². The van der Waals surface area contributed by atoms with E-state index < -0.39 is 16.1 Å². The van der Waals surface area contributed by atoms with Crippen LogP contribution >= 0.6 is 0 Å². The zero-order valence-electron chi connectivity index (χ0n) is 19.2. The molecule has 2 N–H and O–H groups in total. The SMILES string of the molecule is Cc1ccc(N[C@@H](C[Si](C)(C)C)[C@H](C[Si](C)(C)C)Nc2ccc(C)cc2)cc1. The first-order valence-corrected chi connectivity index (χ1v) is 18.0. The summed E-state index contributed by atoms with van der Waals surface area (Å²) in [6.07, 6.45) is 0. The summed E-state index contributed by atoms with van der Waals surface area (Å²) < 4.78 is 0. The average molecular weight is 413 g/mol. The summed E-state index contributed by atoms with van der Waals surface area (Å²) in [6.45, 7) is 19.2. The maximum absolute atomic E-state index is 3.91. The molecule has 0 bridgehead atoms. The summed E-state index contributed by atoms with van der Waals surface area (Å²) in [7, 11) is -2.47. The Kier molecular flexibility index (Phi) is 7.57. The Morgan fingerprint density at radius 3 is 1.11 bits per heavy atom. The largest absolute Gasteiger partial charge is 0.381 e. The first kappa shape index (κ1) is 22.8. The Hall–Kier alpha value is -1.53. The summed E-state index contributed by atoms with van der Waals surface area (Å²) in [5.41, 5.74) is 5.09. The lowest BCUT2D eigenvalue weighted by molar-refractivity contribution is 0.660. The fourth-order valence-electron chi connectivity index (χ4n) is 3.63. The third kappa shape index (κ3) is 8.23. The lowest BCUT2D eigenvalue weighted by Gasteiger charge is -2.37. The molecule has 0 radical (unpaired) electrons. The zero-order valence-corrected chi connectivity index (χ0v) is 21.2. The van der Waals surface area contributed by atoms with Gasteiger partial charge in [0.1, 0.15) is 0 Å². The lowest BCUT2D eigenvalue weighted by Crippen LogP contribution is -2.47. The highest BCUT2D eigenvalue weighted by atomic mass is 28.3. The van der Waals surface area contributed by atoms with Gasteiger partial charge in [0.2, 0.25) is 0 Å². The summed E-state index contributed by atoms with van der Waals surface area (Å²) in [5, 5.41) is 7.82. The van der Waals surface area contributed by atoms with Crippen molar-refractivity contribution in [3.63, 3.8) is 0 Å². The molecular weight excluding hydrogens is 372 g/mol. The monoisotopic (exact) mass is 412 g/mol. The Bertz CT molecular complexity index is 660. The molecule has 2 aromatic rings. The van der Waals surface area contributed by atoms with E-state index in [9.17, 15) is 0 Å². The predicted molar refractivity (Wildman–Crippen MR) is 133 cm³/mol. The fourth-order valence-corrected chi connectivity index (χ4v) is 7.05. The maximum Gasteiger partial charge on any atom is 0.0464 e. The minimum absolute atomic E-state index is 0.433. The van der Waals surface area contributed by atoms with Crippen LogP contribution in [-0.2, 0) is 0 Å². The smallest absolute Gasteiger partial charge is 0.0464 e. The van der Waals surface area contributed by atoms with Gasteiger partial charge in [-0.25, -0.2) is 0 Å². The van der Waals surface area contributed by atoms with E-state index in [0.29, 0.717) is 12.1 Å². The van der Waals surface area contributed by atoms with Crippen molar-refractivity contribution >= 4 is 27.5 Å². The molecule has 0 fully saturated rings. The second kappa shape index (κ2) is 9.31. The van der Waals surface area contributed by atoms with Crippen LogP contribution < -0.4 is 10.6 Å². The zero-order chi connectivity index (χ0) is 20.9. The molecule has 0 aliphatic heterocycles. The molecule has 0 unspecified atom stereocenters. The van der Waals surface area contributed by atoms with Gasteiger partial charge >= 0.3 is 0 Å². The predicted octanol–water partition coefficient (Wildman–Crippen LogP) is 7.24. The molecule has 154 valence electrons. The molecular formula is C24H40N2Si2. The van der Waals surface area contributed by atoms with Crippen molar-refractivity contribution < 1.29 is 0 Å². The Morgan fingerprint density at radius 2 is 0.857 bits per heavy atom. The average Bonchev–Trinajstić information content (AvgIpc) is 2.55. The molecule has 0 heterocycles. The number of rotatable bonds is 9. The molecule has 2 aromatic carbocycles. The van der Waals surface area contributed by atoms with Gasteiger partial charge in [0.05, 0.1) is 0 Å². The van der Waals surface area contributed by atoms with Gasteiger partial charge in [0.15, 0.2) is 0 Å². The molecule has 0 aliphatic carbocycles. The van der Waals surface area contributed by atoms with Gasteiger partial charge in [-0.2, -0.15) is 0 Å². The van der Waals surface area contributed by atoms with Crippen molar-refractivity contribution in [1.82, 2.24) is 0 Å². The first-order chi connectivity index (χ1) is 12.9. The van der Waals surface area contributed by atoms with Crippen LogP contribution in [0.2, 0.25) is 51.4 Å².